The molecule has 0 saturated carbocycles. The highest BCUT2D eigenvalue weighted by Gasteiger charge is 2.37. The normalized spacial score (nSPS) is 20.4. The van der Waals surface area contributed by atoms with E-state index in [-0.39, 0.29) is 12.5 Å². The van der Waals surface area contributed by atoms with Crippen LogP contribution in [-0.4, -0.2) is 25.1 Å². The minimum absolute atomic E-state index is 0.114. The molecular formula is C6H6F3NO2. The van der Waals surface area contributed by atoms with Gasteiger partial charge in [0.15, 0.2) is 5.88 Å². The molecule has 1 fully saturated rings. The predicted molar refractivity (Wildman–Crippen MR) is 33.1 cm³/mol. The number of nitrogens with one attached hydrogen (secondary N) is 1. The maximum Gasteiger partial charge on any atom is 0.454 e. The Labute approximate surface area is 66.2 Å². The van der Waals surface area contributed by atoms with Crippen LogP contribution in [0.4, 0.5) is 13.2 Å². The number of allylic oxidation sites excluding steroid dienone is 1. The molecule has 1 N–H and O–H groups in total. The van der Waals surface area contributed by atoms with Crippen LogP contribution in [0.25, 0.3) is 0 Å². The minimum atomic E-state index is -4.82. The molecule has 0 radical (unpaired) electrons. The van der Waals surface area contributed by atoms with Gasteiger partial charge in [-0.1, -0.05) is 0 Å². The molecule has 1 aliphatic heterocycles. The molecule has 0 aromatic heterocycles. The number of carbonyl (C=O) groups excluding carboxylic acids is 1. The van der Waals surface area contributed by atoms with Gasteiger partial charge in [0.1, 0.15) is 6.61 Å². The number of ether oxygens (including phenoxy) is 1. The number of carbonyl (C=O) groups is 1. The number of alkyl halides is 3. The molecule has 68 valence electrons. The van der Waals surface area contributed by atoms with E-state index in [2.05, 4.69) is 10.1 Å². The van der Waals surface area contributed by atoms with E-state index < -0.39 is 12.0 Å². The van der Waals surface area contributed by atoms with E-state index in [0.29, 0.717) is 12.6 Å². The van der Waals surface area contributed by atoms with E-state index in [1.54, 1.807) is 0 Å². The summed E-state index contributed by atoms with van der Waals surface area (Å²) in [5, 5.41) is 2.48. The maximum absolute atomic E-state index is 11.6. The lowest BCUT2D eigenvalue weighted by molar-refractivity contribution is -0.165. The number of ketones is 1. The van der Waals surface area contributed by atoms with E-state index in [1.165, 1.54) is 0 Å². The Morgan fingerprint density at radius 2 is 2.25 bits per heavy atom. The summed E-state index contributed by atoms with van der Waals surface area (Å²) in [7, 11) is 0. The highest BCUT2D eigenvalue weighted by Crippen LogP contribution is 2.17. The van der Waals surface area contributed by atoms with Crippen LogP contribution in [0.1, 0.15) is 0 Å². The summed E-state index contributed by atoms with van der Waals surface area (Å²) in [4.78, 5) is 10.3. The van der Waals surface area contributed by atoms with Crippen molar-refractivity contribution in [2.75, 3.05) is 13.2 Å². The van der Waals surface area contributed by atoms with Gasteiger partial charge in [-0.15, -0.1) is 0 Å². The molecule has 12 heavy (non-hydrogen) atoms. The quantitative estimate of drug-likeness (QED) is 0.601. The summed E-state index contributed by atoms with van der Waals surface area (Å²) >= 11 is 0. The molecule has 0 atom stereocenters. The van der Waals surface area contributed by atoms with Crippen LogP contribution in [0.3, 0.4) is 0 Å². The van der Waals surface area contributed by atoms with Crippen molar-refractivity contribution in [1.29, 1.82) is 0 Å². The lowest BCUT2D eigenvalue weighted by atomic mass is 10.3. The summed E-state index contributed by atoms with van der Waals surface area (Å²) in [5.41, 5.74) is 0. The Hall–Kier alpha value is -1.20. The van der Waals surface area contributed by atoms with E-state index in [4.69, 9.17) is 0 Å². The van der Waals surface area contributed by atoms with Crippen molar-refractivity contribution in [3.8, 4) is 0 Å². The average Bonchev–Trinajstić information content (AvgIpc) is 2.37. The third kappa shape index (κ3) is 2.14. The van der Waals surface area contributed by atoms with Crippen molar-refractivity contribution >= 4 is 5.78 Å². The summed E-state index contributed by atoms with van der Waals surface area (Å²) in [6.45, 7) is 0.716. The molecule has 1 rings (SSSR count). The maximum atomic E-state index is 11.6. The second-order valence-corrected chi connectivity index (χ2v) is 2.15. The number of hydrogen-bond acceptors (Lipinski definition) is 3. The van der Waals surface area contributed by atoms with Crippen molar-refractivity contribution in [2.45, 2.75) is 6.18 Å². The number of hydrogen-bond donors (Lipinski definition) is 1. The largest absolute Gasteiger partial charge is 0.477 e. The van der Waals surface area contributed by atoms with E-state index >= 15 is 0 Å². The van der Waals surface area contributed by atoms with Gasteiger partial charge in [0, 0.05) is 0 Å². The molecule has 3 nitrogen and oxygen atoms in total. The zero-order valence-electron chi connectivity index (χ0n) is 5.94. The number of halogens is 3. The molecule has 0 aliphatic carbocycles. The van der Waals surface area contributed by atoms with Gasteiger partial charge in [-0.3, -0.25) is 4.79 Å². The summed E-state index contributed by atoms with van der Waals surface area (Å²) in [5.74, 6) is -2.02. The van der Waals surface area contributed by atoms with Gasteiger partial charge in [0.05, 0.1) is 12.6 Å². The van der Waals surface area contributed by atoms with Crippen molar-refractivity contribution < 1.29 is 22.7 Å². The standard InChI is InChI=1S/C6H6F3NO2/c7-6(8,9)4(11)3-5-10-1-2-12-5/h3,10H,1-2H2/b5-3-. The summed E-state index contributed by atoms with van der Waals surface area (Å²) in [6.07, 6.45) is -4.41. The lowest BCUT2D eigenvalue weighted by Crippen LogP contribution is -2.21. The Morgan fingerprint density at radius 3 is 2.67 bits per heavy atom. The van der Waals surface area contributed by atoms with Crippen molar-refractivity contribution in [3.63, 3.8) is 0 Å². The first-order chi connectivity index (χ1) is 5.50. The van der Waals surface area contributed by atoms with E-state index in [9.17, 15) is 18.0 Å². The Morgan fingerprint density at radius 1 is 1.58 bits per heavy atom. The Bertz CT molecular complexity index is 213. The molecule has 0 spiro atoms. The SMILES string of the molecule is O=C(/C=C1/NCCO1)C(F)(F)F. The zero-order valence-corrected chi connectivity index (χ0v) is 5.94. The second kappa shape index (κ2) is 3.04. The predicted octanol–water partition coefficient (Wildman–Crippen LogP) is 0.579. The highest BCUT2D eigenvalue weighted by molar-refractivity contribution is 5.94. The smallest absolute Gasteiger partial charge is 0.454 e. The summed E-state index contributed by atoms with van der Waals surface area (Å²) < 4.78 is 39.5. The molecule has 0 bridgehead atoms. The monoisotopic (exact) mass is 181 g/mol. The third-order valence-corrected chi connectivity index (χ3v) is 1.20. The van der Waals surface area contributed by atoms with Gasteiger partial charge >= 0.3 is 6.18 Å². The van der Waals surface area contributed by atoms with Crippen LogP contribution in [0.2, 0.25) is 0 Å². The summed E-state index contributed by atoms with van der Waals surface area (Å²) in [6, 6.07) is 0. The molecule has 0 aromatic carbocycles. The second-order valence-electron chi connectivity index (χ2n) is 2.15. The lowest BCUT2D eigenvalue weighted by Gasteiger charge is -2.01. The Kier molecular flexibility index (Phi) is 2.25. The minimum Gasteiger partial charge on any atom is -0.477 e. The first-order valence-electron chi connectivity index (χ1n) is 3.19. The van der Waals surface area contributed by atoms with Crippen molar-refractivity contribution in [3.05, 3.63) is 12.0 Å². The van der Waals surface area contributed by atoms with Gasteiger partial charge in [0.2, 0.25) is 0 Å². The van der Waals surface area contributed by atoms with Crippen molar-refractivity contribution in [1.82, 2.24) is 5.32 Å². The first kappa shape index (κ1) is 8.89. The molecule has 1 heterocycles. The van der Waals surface area contributed by atoms with E-state index in [1.807, 2.05) is 0 Å². The Balaban J connectivity index is 2.60. The third-order valence-electron chi connectivity index (χ3n) is 1.20. The van der Waals surface area contributed by atoms with Crippen LogP contribution < -0.4 is 5.32 Å². The molecule has 0 amide bonds. The van der Waals surface area contributed by atoms with Crippen LogP contribution in [0.5, 0.6) is 0 Å². The molecular weight excluding hydrogens is 175 g/mol. The van der Waals surface area contributed by atoms with E-state index in [0.717, 1.165) is 0 Å². The molecule has 1 aliphatic rings. The van der Waals surface area contributed by atoms with Crippen molar-refractivity contribution in [2.24, 2.45) is 0 Å². The topological polar surface area (TPSA) is 38.3 Å². The molecule has 1 saturated heterocycles. The van der Waals surface area contributed by atoms with Gasteiger partial charge in [-0.2, -0.15) is 13.2 Å². The number of rotatable bonds is 1. The molecule has 6 heteroatoms. The van der Waals surface area contributed by atoms with Gasteiger partial charge in [-0.25, -0.2) is 0 Å². The fraction of sp³-hybridized carbons (Fsp3) is 0.500. The fourth-order valence-corrected chi connectivity index (χ4v) is 0.680. The van der Waals surface area contributed by atoms with Gasteiger partial charge < -0.3 is 10.1 Å². The van der Waals surface area contributed by atoms with Gasteiger partial charge in [-0.05, 0) is 0 Å². The molecule has 0 unspecified atom stereocenters. The van der Waals surface area contributed by atoms with Crippen LogP contribution >= 0.6 is 0 Å². The molecule has 0 aromatic rings. The zero-order chi connectivity index (χ0) is 9.19. The highest BCUT2D eigenvalue weighted by atomic mass is 19.4. The van der Waals surface area contributed by atoms with Crippen LogP contribution in [0, 0.1) is 0 Å². The fourth-order valence-electron chi connectivity index (χ4n) is 0.680. The van der Waals surface area contributed by atoms with Crippen LogP contribution in [0.15, 0.2) is 12.0 Å². The van der Waals surface area contributed by atoms with Crippen LogP contribution in [-0.2, 0) is 9.53 Å². The average molecular weight is 181 g/mol. The van der Waals surface area contributed by atoms with Gasteiger partial charge in [0.25, 0.3) is 5.78 Å². The first-order valence-corrected chi connectivity index (χ1v) is 3.19.